The van der Waals surface area contributed by atoms with Crippen molar-refractivity contribution in [1.29, 1.82) is 0 Å². The van der Waals surface area contributed by atoms with Gasteiger partial charge in [0, 0.05) is 12.3 Å². The average molecular weight is 198 g/mol. The first-order valence-corrected chi connectivity index (χ1v) is 5.16. The molecule has 0 N–H and O–H groups in total. The molecule has 0 amide bonds. The second-order valence-corrected chi connectivity index (χ2v) is 4.27. The highest BCUT2D eigenvalue weighted by atomic mass is 16.5. The predicted octanol–water partition coefficient (Wildman–Crippen LogP) is 1.80. The predicted molar refractivity (Wildman–Crippen MR) is 52.7 cm³/mol. The van der Waals surface area contributed by atoms with Gasteiger partial charge in [-0.2, -0.15) is 0 Å². The molecule has 14 heavy (non-hydrogen) atoms. The molecule has 0 heterocycles. The topological polar surface area (TPSA) is 43.4 Å². The zero-order valence-electron chi connectivity index (χ0n) is 9.08. The van der Waals surface area contributed by atoms with Gasteiger partial charge in [-0.3, -0.25) is 9.59 Å². The number of hydrogen-bond donors (Lipinski definition) is 0. The van der Waals surface area contributed by atoms with E-state index in [0.29, 0.717) is 12.3 Å². The lowest BCUT2D eigenvalue weighted by Gasteiger charge is -2.27. The summed E-state index contributed by atoms with van der Waals surface area (Å²) in [5.41, 5.74) is 0. The molecule has 1 saturated carbocycles. The zero-order chi connectivity index (χ0) is 10.7. The molecule has 1 aliphatic carbocycles. The summed E-state index contributed by atoms with van der Waals surface area (Å²) in [4.78, 5) is 22.9. The molecule has 3 atom stereocenters. The van der Waals surface area contributed by atoms with Gasteiger partial charge in [-0.05, 0) is 18.8 Å². The molecule has 0 aromatic rings. The van der Waals surface area contributed by atoms with Gasteiger partial charge in [-0.15, -0.1) is 0 Å². The lowest BCUT2D eigenvalue weighted by atomic mass is 9.76. The maximum absolute atomic E-state index is 11.7. The number of carbonyl (C=O) groups is 2. The highest BCUT2D eigenvalue weighted by Crippen LogP contribution is 2.30. The van der Waals surface area contributed by atoms with Crippen molar-refractivity contribution in [3.05, 3.63) is 0 Å². The Morgan fingerprint density at radius 1 is 1.50 bits per heavy atom. The number of Topliss-reactive ketones (excluding diaryl/α,β-unsaturated/α-hetero) is 1. The molecule has 80 valence electrons. The minimum atomic E-state index is -0.278. The van der Waals surface area contributed by atoms with Crippen molar-refractivity contribution in [3.63, 3.8) is 0 Å². The van der Waals surface area contributed by atoms with Gasteiger partial charge in [0.05, 0.1) is 13.0 Å². The van der Waals surface area contributed by atoms with Crippen LogP contribution in [0.2, 0.25) is 0 Å². The largest absolute Gasteiger partial charge is 0.469 e. The van der Waals surface area contributed by atoms with Crippen LogP contribution in [-0.2, 0) is 14.3 Å². The van der Waals surface area contributed by atoms with Gasteiger partial charge < -0.3 is 4.74 Å². The molecule has 0 aliphatic heterocycles. The average Bonchev–Trinajstić information content (AvgIpc) is 2.15. The Morgan fingerprint density at radius 2 is 2.14 bits per heavy atom. The number of ether oxygens (including phenoxy) is 1. The Hall–Kier alpha value is -0.860. The van der Waals surface area contributed by atoms with E-state index in [0.717, 1.165) is 12.8 Å². The number of rotatable bonds is 2. The van der Waals surface area contributed by atoms with E-state index in [4.69, 9.17) is 0 Å². The van der Waals surface area contributed by atoms with Crippen molar-refractivity contribution in [2.45, 2.75) is 33.1 Å². The van der Waals surface area contributed by atoms with E-state index in [1.807, 2.05) is 0 Å². The van der Waals surface area contributed by atoms with E-state index in [2.05, 4.69) is 11.7 Å². The second-order valence-electron chi connectivity index (χ2n) is 4.27. The quantitative estimate of drug-likeness (QED) is 0.635. The number of hydrogen-bond acceptors (Lipinski definition) is 3. The van der Waals surface area contributed by atoms with E-state index in [1.165, 1.54) is 7.11 Å². The molecule has 0 aromatic heterocycles. The van der Waals surface area contributed by atoms with Crippen LogP contribution in [0.15, 0.2) is 0 Å². The third-order valence-corrected chi connectivity index (χ3v) is 3.11. The molecule has 0 spiro atoms. The Kier molecular flexibility index (Phi) is 3.67. The van der Waals surface area contributed by atoms with Crippen LogP contribution in [0.3, 0.4) is 0 Å². The minimum Gasteiger partial charge on any atom is -0.469 e. The highest BCUT2D eigenvalue weighted by Gasteiger charge is 2.34. The summed E-state index contributed by atoms with van der Waals surface area (Å²) in [5, 5.41) is 0. The summed E-state index contributed by atoms with van der Waals surface area (Å²) in [5.74, 6) is 0.0433. The molecular weight excluding hydrogens is 180 g/mol. The standard InChI is InChI=1S/C11H18O3/c1-7-4-5-9(10(12)6-7)8(2)11(13)14-3/h7-9H,4-6H2,1-3H3/t7-,8-,9+/m0/s1. The van der Waals surface area contributed by atoms with Gasteiger partial charge in [0.2, 0.25) is 0 Å². The van der Waals surface area contributed by atoms with Crippen LogP contribution in [0.25, 0.3) is 0 Å². The third-order valence-electron chi connectivity index (χ3n) is 3.11. The SMILES string of the molecule is COC(=O)[C@@H](C)[C@H]1CC[C@H](C)CC1=O. The molecule has 0 aromatic carbocycles. The zero-order valence-corrected chi connectivity index (χ0v) is 9.08. The van der Waals surface area contributed by atoms with Gasteiger partial charge in [0.15, 0.2) is 0 Å². The molecular formula is C11H18O3. The molecule has 1 fully saturated rings. The van der Waals surface area contributed by atoms with Crippen LogP contribution in [0, 0.1) is 17.8 Å². The van der Waals surface area contributed by atoms with E-state index >= 15 is 0 Å². The first-order chi connectivity index (χ1) is 6.56. The summed E-state index contributed by atoms with van der Waals surface area (Å²) in [6.45, 7) is 3.86. The Morgan fingerprint density at radius 3 is 2.64 bits per heavy atom. The van der Waals surface area contributed by atoms with Gasteiger partial charge >= 0.3 is 5.97 Å². The van der Waals surface area contributed by atoms with Crippen molar-refractivity contribution in [1.82, 2.24) is 0 Å². The summed E-state index contributed by atoms with van der Waals surface area (Å²) >= 11 is 0. The van der Waals surface area contributed by atoms with Crippen molar-refractivity contribution >= 4 is 11.8 Å². The first-order valence-electron chi connectivity index (χ1n) is 5.16. The van der Waals surface area contributed by atoms with Gasteiger partial charge in [-0.1, -0.05) is 13.8 Å². The fourth-order valence-corrected chi connectivity index (χ4v) is 2.10. The molecule has 0 saturated heterocycles. The lowest BCUT2D eigenvalue weighted by molar-refractivity contribution is -0.150. The Balaban J connectivity index is 2.60. The molecule has 0 unspecified atom stereocenters. The van der Waals surface area contributed by atoms with Crippen LogP contribution >= 0.6 is 0 Å². The fraction of sp³-hybridized carbons (Fsp3) is 0.818. The van der Waals surface area contributed by atoms with Crippen molar-refractivity contribution < 1.29 is 14.3 Å². The van der Waals surface area contributed by atoms with Crippen LogP contribution in [0.4, 0.5) is 0 Å². The Bertz CT molecular complexity index is 235. The molecule has 1 aliphatic rings. The molecule has 1 rings (SSSR count). The van der Waals surface area contributed by atoms with Crippen LogP contribution in [-0.4, -0.2) is 18.9 Å². The Labute approximate surface area is 84.8 Å². The van der Waals surface area contributed by atoms with Crippen LogP contribution < -0.4 is 0 Å². The van der Waals surface area contributed by atoms with Crippen LogP contribution in [0.1, 0.15) is 33.1 Å². The molecule has 3 heteroatoms. The van der Waals surface area contributed by atoms with E-state index in [9.17, 15) is 9.59 Å². The van der Waals surface area contributed by atoms with Gasteiger partial charge in [0.1, 0.15) is 5.78 Å². The van der Waals surface area contributed by atoms with Gasteiger partial charge in [0.25, 0.3) is 0 Å². The van der Waals surface area contributed by atoms with Crippen molar-refractivity contribution in [3.8, 4) is 0 Å². The lowest BCUT2D eigenvalue weighted by Crippen LogP contribution is -2.33. The normalized spacial score (nSPS) is 29.8. The summed E-state index contributed by atoms with van der Waals surface area (Å²) in [7, 11) is 1.37. The monoisotopic (exact) mass is 198 g/mol. The number of ketones is 1. The molecule has 0 bridgehead atoms. The van der Waals surface area contributed by atoms with E-state index in [-0.39, 0.29) is 23.6 Å². The summed E-state index contributed by atoms with van der Waals surface area (Å²) < 4.78 is 4.65. The molecule has 0 radical (unpaired) electrons. The van der Waals surface area contributed by atoms with Crippen molar-refractivity contribution in [2.24, 2.45) is 17.8 Å². The third kappa shape index (κ3) is 2.34. The highest BCUT2D eigenvalue weighted by molar-refractivity contribution is 5.87. The van der Waals surface area contributed by atoms with Gasteiger partial charge in [-0.25, -0.2) is 0 Å². The summed E-state index contributed by atoms with van der Waals surface area (Å²) in [6.07, 6.45) is 2.49. The number of esters is 1. The fourth-order valence-electron chi connectivity index (χ4n) is 2.10. The maximum Gasteiger partial charge on any atom is 0.309 e. The number of carbonyl (C=O) groups excluding carboxylic acids is 2. The maximum atomic E-state index is 11.7. The number of methoxy groups -OCH3 is 1. The minimum absolute atomic E-state index is 0.112. The second kappa shape index (κ2) is 4.58. The molecule has 3 nitrogen and oxygen atoms in total. The van der Waals surface area contributed by atoms with E-state index in [1.54, 1.807) is 6.92 Å². The van der Waals surface area contributed by atoms with Crippen molar-refractivity contribution in [2.75, 3.05) is 7.11 Å². The van der Waals surface area contributed by atoms with Crippen LogP contribution in [0.5, 0.6) is 0 Å². The smallest absolute Gasteiger partial charge is 0.309 e. The van der Waals surface area contributed by atoms with E-state index < -0.39 is 0 Å². The first kappa shape index (κ1) is 11.2. The summed E-state index contributed by atoms with van der Waals surface area (Å²) in [6, 6.07) is 0.